The van der Waals surface area contributed by atoms with Gasteiger partial charge in [-0.05, 0) is 48.2 Å². The van der Waals surface area contributed by atoms with E-state index in [0.29, 0.717) is 6.61 Å². The van der Waals surface area contributed by atoms with E-state index in [9.17, 15) is 0 Å². The third-order valence-electron chi connectivity index (χ3n) is 5.17. The minimum Gasteiger partial charge on any atom is -0.489 e. The lowest BCUT2D eigenvalue weighted by atomic mass is 9.88. The quantitative estimate of drug-likeness (QED) is 0.532. The van der Waals surface area contributed by atoms with Gasteiger partial charge in [-0.2, -0.15) is 5.10 Å². The summed E-state index contributed by atoms with van der Waals surface area (Å²) in [4.78, 5) is 0. The Morgan fingerprint density at radius 2 is 1.59 bits per heavy atom. The molecule has 4 aromatic rings. The zero-order chi connectivity index (χ0) is 18.1. The summed E-state index contributed by atoms with van der Waals surface area (Å²) in [5, 5.41) is 7.89. The van der Waals surface area contributed by atoms with Gasteiger partial charge >= 0.3 is 0 Å². The predicted molar refractivity (Wildman–Crippen MR) is 108 cm³/mol. The van der Waals surface area contributed by atoms with Gasteiger partial charge in [0.2, 0.25) is 0 Å². The molecule has 3 nitrogen and oxygen atoms in total. The summed E-state index contributed by atoms with van der Waals surface area (Å²) >= 11 is 0. The molecule has 1 aliphatic rings. The lowest BCUT2D eigenvalue weighted by Gasteiger charge is -2.16. The van der Waals surface area contributed by atoms with E-state index >= 15 is 0 Å². The molecular weight excluding hydrogens is 332 g/mol. The van der Waals surface area contributed by atoms with Crippen molar-refractivity contribution in [3.63, 3.8) is 0 Å². The molecule has 0 unspecified atom stereocenters. The first-order valence-corrected chi connectivity index (χ1v) is 9.31. The molecule has 0 amide bonds. The van der Waals surface area contributed by atoms with E-state index in [4.69, 9.17) is 4.74 Å². The molecule has 132 valence electrons. The molecule has 0 fully saturated rings. The average Bonchev–Trinajstić information content (AvgIpc) is 3.18. The molecule has 0 atom stereocenters. The highest BCUT2D eigenvalue weighted by molar-refractivity contribution is 5.77. The van der Waals surface area contributed by atoms with E-state index < -0.39 is 0 Å². The number of aryl methyl sites for hydroxylation is 1. The van der Waals surface area contributed by atoms with Gasteiger partial charge in [0.15, 0.2) is 0 Å². The van der Waals surface area contributed by atoms with Crippen LogP contribution in [0.25, 0.3) is 22.5 Å². The smallest absolute Gasteiger partial charge is 0.119 e. The first-order chi connectivity index (χ1) is 13.4. The summed E-state index contributed by atoms with van der Waals surface area (Å²) in [7, 11) is 0. The number of aromatic nitrogens is 2. The third kappa shape index (κ3) is 3.02. The second kappa shape index (κ2) is 6.76. The van der Waals surface area contributed by atoms with Crippen LogP contribution in [-0.4, -0.2) is 10.2 Å². The molecule has 27 heavy (non-hydrogen) atoms. The number of nitrogens with zero attached hydrogens (tertiary/aromatic N) is 1. The van der Waals surface area contributed by atoms with Crippen molar-refractivity contribution >= 4 is 0 Å². The zero-order valence-electron chi connectivity index (χ0n) is 15.0. The van der Waals surface area contributed by atoms with E-state index in [0.717, 1.165) is 35.5 Å². The maximum atomic E-state index is 5.90. The average molecular weight is 352 g/mol. The maximum absolute atomic E-state index is 5.90. The number of ether oxygens (including phenoxy) is 1. The highest BCUT2D eigenvalue weighted by Gasteiger charge is 2.22. The summed E-state index contributed by atoms with van der Waals surface area (Å²) in [5.74, 6) is 0.873. The van der Waals surface area contributed by atoms with E-state index in [1.54, 1.807) is 0 Å². The molecule has 0 bridgehead atoms. The van der Waals surface area contributed by atoms with E-state index in [-0.39, 0.29) is 0 Å². The van der Waals surface area contributed by atoms with Crippen LogP contribution >= 0.6 is 0 Å². The number of hydrogen-bond acceptors (Lipinski definition) is 2. The number of hydrogen-bond donors (Lipinski definition) is 1. The number of nitrogens with one attached hydrogen (secondary N) is 1. The zero-order valence-corrected chi connectivity index (χ0v) is 15.0. The lowest BCUT2D eigenvalue weighted by molar-refractivity contribution is 0.306. The number of fused-ring (bicyclic) bond motifs is 3. The lowest BCUT2D eigenvalue weighted by Crippen LogP contribution is -2.03. The van der Waals surface area contributed by atoms with E-state index in [2.05, 4.69) is 58.7 Å². The van der Waals surface area contributed by atoms with Gasteiger partial charge in [-0.25, -0.2) is 0 Å². The highest BCUT2D eigenvalue weighted by Crippen LogP contribution is 2.37. The molecule has 0 saturated carbocycles. The molecule has 1 heterocycles. The second-order valence-corrected chi connectivity index (χ2v) is 6.88. The molecular formula is C24H20N2O. The fourth-order valence-electron chi connectivity index (χ4n) is 3.76. The Morgan fingerprint density at radius 1 is 0.815 bits per heavy atom. The van der Waals surface area contributed by atoms with Crippen molar-refractivity contribution in [1.29, 1.82) is 0 Å². The van der Waals surface area contributed by atoms with Crippen LogP contribution in [0, 0.1) is 0 Å². The summed E-state index contributed by atoms with van der Waals surface area (Å²) in [6.45, 7) is 0.578. The van der Waals surface area contributed by atoms with Gasteiger partial charge in [-0.3, -0.25) is 5.10 Å². The van der Waals surface area contributed by atoms with Crippen molar-refractivity contribution in [3.8, 4) is 28.3 Å². The van der Waals surface area contributed by atoms with E-state index in [1.807, 2.05) is 30.3 Å². The predicted octanol–water partition coefficient (Wildman–Crippen LogP) is 5.42. The topological polar surface area (TPSA) is 37.9 Å². The number of rotatable bonds is 4. The Morgan fingerprint density at radius 3 is 2.44 bits per heavy atom. The highest BCUT2D eigenvalue weighted by atomic mass is 16.5. The fraction of sp³-hybridized carbons (Fsp3) is 0.125. The van der Waals surface area contributed by atoms with Crippen LogP contribution in [0.5, 0.6) is 5.75 Å². The first kappa shape index (κ1) is 15.9. The normalized spacial score (nSPS) is 12.3. The van der Waals surface area contributed by atoms with Crippen LogP contribution in [-0.2, 0) is 19.4 Å². The molecule has 0 radical (unpaired) electrons. The first-order valence-electron chi connectivity index (χ1n) is 9.31. The Bertz CT molecular complexity index is 1070. The Kier molecular flexibility index (Phi) is 3.98. The van der Waals surface area contributed by atoms with Gasteiger partial charge < -0.3 is 4.74 Å². The monoisotopic (exact) mass is 352 g/mol. The molecule has 0 aliphatic heterocycles. The molecule has 1 aliphatic carbocycles. The van der Waals surface area contributed by atoms with Crippen molar-refractivity contribution in [2.24, 2.45) is 0 Å². The largest absolute Gasteiger partial charge is 0.489 e. The number of benzene rings is 3. The molecule has 0 spiro atoms. The van der Waals surface area contributed by atoms with Gasteiger partial charge in [0, 0.05) is 16.7 Å². The molecule has 3 heteroatoms. The third-order valence-corrected chi connectivity index (χ3v) is 5.17. The maximum Gasteiger partial charge on any atom is 0.119 e. The van der Waals surface area contributed by atoms with Gasteiger partial charge in [0.05, 0.1) is 11.4 Å². The van der Waals surface area contributed by atoms with Gasteiger partial charge in [0.25, 0.3) is 0 Å². The van der Waals surface area contributed by atoms with Crippen molar-refractivity contribution < 1.29 is 4.74 Å². The Hall–Kier alpha value is -3.33. The van der Waals surface area contributed by atoms with Gasteiger partial charge in [0.1, 0.15) is 12.4 Å². The second-order valence-electron chi connectivity index (χ2n) is 6.88. The molecule has 1 N–H and O–H groups in total. The molecule has 5 rings (SSSR count). The molecule has 1 aromatic heterocycles. The van der Waals surface area contributed by atoms with Crippen molar-refractivity contribution in [2.45, 2.75) is 19.4 Å². The van der Waals surface area contributed by atoms with Crippen LogP contribution in [0.3, 0.4) is 0 Å². The summed E-state index contributed by atoms with van der Waals surface area (Å²) in [6, 6.07) is 27.0. The fourth-order valence-corrected chi connectivity index (χ4v) is 3.76. The Balaban J connectivity index is 1.38. The van der Waals surface area contributed by atoms with Crippen molar-refractivity contribution in [1.82, 2.24) is 10.2 Å². The summed E-state index contributed by atoms with van der Waals surface area (Å²) in [5.41, 5.74) is 8.49. The Labute approximate surface area is 158 Å². The van der Waals surface area contributed by atoms with Crippen molar-refractivity contribution in [3.05, 3.63) is 95.6 Å². The molecule has 0 saturated heterocycles. The standard InChI is InChI=1S/C24H20N2O/c1-2-6-17(7-3-1)16-27-20-13-10-19(11-14-20)23-22-15-12-18-8-4-5-9-21(18)24(22)26-25-23/h1-11,13-14H,12,15-16H2,(H,25,26). The minimum atomic E-state index is 0.578. The van der Waals surface area contributed by atoms with Crippen LogP contribution in [0.15, 0.2) is 78.9 Å². The number of H-pyrrole nitrogens is 1. The van der Waals surface area contributed by atoms with Gasteiger partial charge in [-0.1, -0.05) is 54.6 Å². The van der Waals surface area contributed by atoms with Crippen LogP contribution in [0.4, 0.5) is 0 Å². The van der Waals surface area contributed by atoms with Crippen molar-refractivity contribution in [2.75, 3.05) is 0 Å². The van der Waals surface area contributed by atoms with Gasteiger partial charge in [-0.15, -0.1) is 0 Å². The molecule has 3 aromatic carbocycles. The van der Waals surface area contributed by atoms with Crippen LogP contribution in [0.1, 0.15) is 16.7 Å². The summed E-state index contributed by atoms with van der Waals surface area (Å²) < 4.78 is 5.90. The summed E-state index contributed by atoms with van der Waals surface area (Å²) in [6.07, 6.45) is 2.08. The van der Waals surface area contributed by atoms with Crippen LogP contribution < -0.4 is 4.74 Å². The van der Waals surface area contributed by atoms with E-state index in [1.165, 1.54) is 22.3 Å². The number of aromatic amines is 1. The van der Waals surface area contributed by atoms with Crippen LogP contribution in [0.2, 0.25) is 0 Å². The SMILES string of the molecule is c1ccc(COc2ccc(-c3n[nH]c4c3CCc3ccccc3-4)cc2)cc1. The minimum absolute atomic E-state index is 0.578.